The van der Waals surface area contributed by atoms with Crippen LogP contribution < -0.4 is 0 Å². The monoisotopic (exact) mass is 513 g/mol. The Morgan fingerprint density at radius 2 is 1.78 bits per heavy atom. The molecule has 0 saturated heterocycles. The van der Waals surface area contributed by atoms with E-state index >= 15 is 0 Å². The van der Waals surface area contributed by atoms with E-state index < -0.39 is 11.5 Å². The molecule has 0 saturated carbocycles. The molecule has 0 N–H and O–H groups in total. The van der Waals surface area contributed by atoms with Crippen LogP contribution in [0.5, 0.6) is 0 Å². The van der Waals surface area contributed by atoms with Crippen LogP contribution in [0.15, 0.2) is 47.9 Å². The van der Waals surface area contributed by atoms with Crippen molar-refractivity contribution in [3.8, 4) is 0 Å². The number of hydrogen-bond acceptors (Lipinski definition) is 5. The van der Waals surface area contributed by atoms with Gasteiger partial charge in [0, 0.05) is 29.6 Å². The number of allylic oxidation sites excluding steroid dienone is 3. The molecule has 0 aromatic carbocycles. The molecule has 1 heterocycles. The molecule has 0 aliphatic heterocycles. The predicted molar refractivity (Wildman–Crippen MR) is 154 cm³/mol. The Hall–Kier alpha value is -2.27. The first kappa shape index (κ1) is 31.8. The number of thiazole rings is 1. The summed E-state index contributed by atoms with van der Waals surface area (Å²) in [5, 5.41) is 2.99. The maximum Gasteiger partial charge on any atom is 0.306 e. The van der Waals surface area contributed by atoms with Gasteiger partial charge in [-0.05, 0) is 56.6 Å². The van der Waals surface area contributed by atoms with Crippen molar-refractivity contribution in [2.75, 3.05) is 0 Å². The van der Waals surface area contributed by atoms with Gasteiger partial charge in [-0.1, -0.05) is 71.9 Å². The van der Waals surface area contributed by atoms with Crippen molar-refractivity contribution in [1.82, 2.24) is 4.98 Å². The number of aryl methyl sites for hydroxylation is 1. The largest absolute Gasteiger partial charge is 0.457 e. The number of carbonyl (C=O) groups excluding carboxylic acids is 2. The summed E-state index contributed by atoms with van der Waals surface area (Å²) in [5.41, 5.74) is 2.19. The molecule has 4 nitrogen and oxygen atoms in total. The van der Waals surface area contributed by atoms with Gasteiger partial charge >= 0.3 is 5.97 Å². The molecule has 5 atom stereocenters. The van der Waals surface area contributed by atoms with Gasteiger partial charge < -0.3 is 4.74 Å². The number of hydrogen-bond donors (Lipinski definition) is 0. The second kappa shape index (κ2) is 14.5. The summed E-state index contributed by atoms with van der Waals surface area (Å²) in [5.74, 6) is 0.267. The van der Waals surface area contributed by atoms with Gasteiger partial charge in [0.05, 0.1) is 10.7 Å². The summed E-state index contributed by atoms with van der Waals surface area (Å²) >= 11 is 1.59. The van der Waals surface area contributed by atoms with Gasteiger partial charge in [-0.25, -0.2) is 4.98 Å². The first-order valence-corrected chi connectivity index (χ1v) is 13.9. The smallest absolute Gasteiger partial charge is 0.306 e. The standard InChI is InChI=1S/C31H47NO3S/c1-12-14-21(4)24(7)25(8)30(34)31(10,11)23(6)18-29(33)35-28(16-15-20(3)13-2)22(5)17-27-19-36-26(9)32-27/h12-13,15,17,19,21,23-25,28H,1-2,14,16,18H2,3-11H3/b20-15-,22-17+/t21-,23-,24-,25+,28-/m0/s1. The second-order valence-electron chi connectivity index (χ2n) is 10.9. The van der Waals surface area contributed by atoms with E-state index in [4.69, 9.17) is 4.74 Å². The Morgan fingerprint density at radius 1 is 1.14 bits per heavy atom. The molecule has 0 radical (unpaired) electrons. The van der Waals surface area contributed by atoms with Crippen molar-refractivity contribution in [2.45, 2.75) is 87.7 Å². The minimum atomic E-state index is -0.640. The molecular formula is C31H47NO3S. The number of nitrogens with zero attached hydrogens (tertiary/aromatic N) is 1. The molecule has 0 aliphatic carbocycles. The highest BCUT2D eigenvalue weighted by atomic mass is 32.1. The molecule has 1 rings (SSSR count). The van der Waals surface area contributed by atoms with Crippen molar-refractivity contribution >= 4 is 29.2 Å². The van der Waals surface area contributed by atoms with Gasteiger partial charge in [-0.2, -0.15) is 0 Å². The lowest BCUT2D eigenvalue weighted by molar-refractivity contribution is -0.150. The fourth-order valence-corrected chi connectivity index (χ4v) is 4.80. The van der Waals surface area contributed by atoms with Crippen molar-refractivity contribution in [3.05, 3.63) is 58.6 Å². The quantitative estimate of drug-likeness (QED) is 0.134. The molecule has 200 valence electrons. The van der Waals surface area contributed by atoms with E-state index in [1.807, 2.05) is 72.1 Å². The van der Waals surface area contributed by atoms with E-state index in [0.717, 1.165) is 28.3 Å². The maximum atomic E-state index is 13.5. The van der Waals surface area contributed by atoms with E-state index in [9.17, 15) is 9.59 Å². The molecule has 36 heavy (non-hydrogen) atoms. The topological polar surface area (TPSA) is 56.3 Å². The van der Waals surface area contributed by atoms with Crippen molar-refractivity contribution < 1.29 is 14.3 Å². The minimum absolute atomic E-state index is 0.0973. The molecule has 1 aromatic rings. The number of rotatable bonds is 15. The molecule has 0 aliphatic rings. The van der Waals surface area contributed by atoms with E-state index in [2.05, 4.69) is 32.0 Å². The Kier molecular flexibility index (Phi) is 12.8. The number of ether oxygens (including phenoxy) is 1. The van der Waals surface area contributed by atoms with E-state index in [-0.39, 0.29) is 35.9 Å². The van der Waals surface area contributed by atoms with Crippen LogP contribution in [-0.4, -0.2) is 22.8 Å². The molecule has 0 amide bonds. The number of carbonyl (C=O) groups is 2. The molecular weight excluding hydrogens is 466 g/mol. The van der Waals surface area contributed by atoms with Crippen molar-refractivity contribution in [3.63, 3.8) is 0 Å². The highest BCUT2D eigenvalue weighted by Crippen LogP contribution is 2.37. The fraction of sp³-hybridized carbons (Fsp3) is 0.581. The number of ketones is 1. The van der Waals surface area contributed by atoms with Gasteiger partial charge in [-0.15, -0.1) is 17.9 Å². The molecule has 0 spiro atoms. The summed E-state index contributed by atoms with van der Waals surface area (Å²) < 4.78 is 5.98. The molecule has 0 bridgehead atoms. The fourth-order valence-electron chi connectivity index (χ4n) is 4.23. The third-order valence-corrected chi connectivity index (χ3v) is 8.54. The summed E-state index contributed by atoms with van der Waals surface area (Å²) in [6.45, 7) is 25.7. The van der Waals surface area contributed by atoms with Gasteiger partial charge in [0.1, 0.15) is 11.9 Å². The lowest BCUT2D eigenvalue weighted by Crippen LogP contribution is -2.40. The van der Waals surface area contributed by atoms with Crippen molar-refractivity contribution in [1.29, 1.82) is 0 Å². The van der Waals surface area contributed by atoms with Gasteiger partial charge in [0.25, 0.3) is 0 Å². The molecule has 5 heteroatoms. The average Bonchev–Trinajstić information content (AvgIpc) is 3.23. The Bertz CT molecular complexity index is 968. The number of aromatic nitrogens is 1. The maximum absolute atomic E-state index is 13.5. The third kappa shape index (κ3) is 9.31. The van der Waals surface area contributed by atoms with Crippen LogP contribution in [0.4, 0.5) is 0 Å². The zero-order chi connectivity index (χ0) is 27.6. The summed E-state index contributed by atoms with van der Waals surface area (Å²) in [7, 11) is 0. The average molecular weight is 514 g/mol. The highest BCUT2D eigenvalue weighted by Gasteiger charge is 2.40. The lowest BCUT2D eigenvalue weighted by atomic mass is 9.67. The zero-order valence-electron chi connectivity index (χ0n) is 23.9. The Labute approximate surface area is 223 Å². The summed E-state index contributed by atoms with van der Waals surface area (Å²) in [4.78, 5) is 31.1. The number of esters is 1. The lowest BCUT2D eigenvalue weighted by Gasteiger charge is -2.35. The zero-order valence-corrected chi connectivity index (χ0v) is 24.7. The summed E-state index contributed by atoms with van der Waals surface area (Å²) in [6.07, 6.45) is 8.93. The first-order valence-electron chi connectivity index (χ1n) is 13.0. The van der Waals surface area contributed by atoms with Crippen LogP contribution in [0.1, 0.15) is 85.4 Å². The van der Waals surface area contributed by atoms with Gasteiger partial charge in [0.15, 0.2) is 0 Å². The minimum Gasteiger partial charge on any atom is -0.457 e. The second-order valence-corrected chi connectivity index (χ2v) is 11.9. The van der Waals surface area contributed by atoms with Crippen LogP contribution in [0.2, 0.25) is 0 Å². The van der Waals surface area contributed by atoms with Crippen molar-refractivity contribution in [2.24, 2.45) is 29.1 Å². The third-order valence-electron chi connectivity index (χ3n) is 7.75. The van der Waals surface area contributed by atoms with Crippen LogP contribution in [-0.2, 0) is 14.3 Å². The van der Waals surface area contributed by atoms with E-state index in [1.165, 1.54) is 0 Å². The Morgan fingerprint density at radius 3 is 2.31 bits per heavy atom. The van der Waals surface area contributed by atoms with E-state index in [0.29, 0.717) is 12.3 Å². The number of Topliss-reactive ketones (excluding diaryl/α,β-unsaturated/α-hetero) is 1. The highest BCUT2D eigenvalue weighted by molar-refractivity contribution is 7.09. The summed E-state index contributed by atoms with van der Waals surface area (Å²) in [6, 6.07) is 0. The van der Waals surface area contributed by atoms with Gasteiger partial charge in [0.2, 0.25) is 0 Å². The van der Waals surface area contributed by atoms with E-state index in [1.54, 1.807) is 17.4 Å². The predicted octanol–water partition coefficient (Wildman–Crippen LogP) is 8.39. The van der Waals surface area contributed by atoms with Crippen LogP contribution in [0, 0.1) is 36.0 Å². The van der Waals surface area contributed by atoms with Crippen LogP contribution in [0.3, 0.4) is 0 Å². The Balaban J connectivity index is 2.98. The first-order chi connectivity index (χ1) is 16.7. The normalized spacial score (nSPS) is 17.0. The van der Waals surface area contributed by atoms with Crippen LogP contribution in [0.25, 0.3) is 6.08 Å². The SMILES string of the molecule is C=CC[C@H](C)[C@H](C)[C@@H](C)C(=O)C(C)(C)[C@@H](C)CC(=O)O[C@@H](C/C=C(/C)C=C)/C(C)=C/c1csc(C)n1. The molecule has 1 aromatic heterocycles. The molecule has 0 fully saturated rings. The van der Waals surface area contributed by atoms with Gasteiger partial charge in [-0.3, -0.25) is 9.59 Å². The molecule has 0 unspecified atom stereocenters. The van der Waals surface area contributed by atoms with Crippen LogP contribution >= 0.6 is 11.3 Å².